The standard InChI is InChI=1S/C24H29ClN8O3S/c1-2-32-18-21(23(34)30-9-11-31(12-10-30)24-26-7-4-8-27-24)22(28-32)37(35,36)33-15-13-29(14-16-33)20-6-3-5-19(25)17-20/h3-8,17-18H,2,9-16H2,1H3. The van der Waals surface area contributed by atoms with Gasteiger partial charge in [-0.25, -0.2) is 18.4 Å². The minimum atomic E-state index is -3.96. The van der Waals surface area contributed by atoms with Crippen LogP contribution in [-0.4, -0.2) is 95.6 Å². The normalized spacial score (nSPS) is 17.3. The van der Waals surface area contributed by atoms with Gasteiger partial charge in [0, 0.05) is 88.2 Å². The van der Waals surface area contributed by atoms with Crippen molar-refractivity contribution in [3.8, 4) is 0 Å². The van der Waals surface area contributed by atoms with Gasteiger partial charge in [0.1, 0.15) is 0 Å². The molecule has 0 radical (unpaired) electrons. The number of aromatic nitrogens is 4. The summed E-state index contributed by atoms with van der Waals surface area (Å²) in [6, 6.07) is 9.27. The second-order valence-electron chi connectivity index (χ2n) is 8.90. The van der Waals surface area contributed by atoms with E-state index >= 15 is 0 Å². The van der Waals surface area contributed by atoms with Crippen molar-refractivity contribution in [1.82, 2.24) is 29.0 Å². The Balaban J connectivity index is 1.30. The summed E-state index contributed by atoms with van der Waals surface area (Å²) in [5, 5.41) is 4.78. The van der Waals surface area contributed by atoms with E-state index in [1.807, 2.05) is 36.1 Å². The summed E-state index contributed by atoms with van der Waals surface area (Å²) in [7, 11) is -3.96. The smallest absolute Gasteiger partial charge is 0.263 e. The van der Waals surface area contributed by atoms with Gasteiger partial charge in [0.25, 0.3) is 15.9 Å². The summed E-state index contributed by atoms with van der Waals surface area (Å²) in [4.78, 5) is 27.8. The summed E-state index contributed by atoms with van der Waals surface area (Å²) in [5.74, 6) is 0.290. The maximum absolute atomic E-state index is 13.7. The molecule has 1 amide bonds. The van der Waals surface area contributed by atoms with Crippen molar-refractivity contribution in [2.24, 2.45) is 0 Å². The first-order valence-electron chi connectivity index (χ1n) is 12.3. The third-order valence-electron chi connectivity index (χ3n) is 6.68. The SMILES string of the molecule is CCn1cc(C(=O)N2CCN(c3ncccn3)CC2)c(S(=O)(=O)N2CCN(c3cccc(Cl)c3)CC2)n1. The molecule has 3 aromatic rings. The molecule has 2 saturated heterocycles. The van der Waals surface area contributed by atoms with Crippen LogP contribution in [0.4, 0.5) is 11.6 Å². The van der Waals surface area contributed by atoms with E-state index in [-0.39, 0.29) is 29.6 Å². The van der Waals surface area contributed by atoms with Crippen molar-refractivity contribution >= 4 is 39.2 Å². The van der Waals surface area contributed by atoms with Crippen molar-refractivity contribution in [3.63, 3.8) is 0 Å². The zero-order chi connectivity index (χ0) is 26.0. The second kappa shape index (κ2) is 10.6. The van der Waals surface area contributed by atoms with Crippen LogP contribution in [0, 0.1) is 0 Å². The van der Waals surface area contributed by atoms with E-state index < -0.39 is 10.0 Å². The molecule has 0 spiro atoms. The predicted molar refractivity (Wildman–Crippen MR) is 140 cm³/mol. The number of nitrogens with zero attached hydrogens (tertiary/aromatic N) is 8. The number of halogens is 1. The lowest BCUT2D eigenvalue weighted by Gasteiger charge is -2.36. The Bertz CT molecular complexity index is 1350. The largest absolute Gasteiger partial charge is 0.369 e. The maximum Gasteiger partial charge on any atom is 0.263 e. The molecule has 0 unspecified atom stereocenters. The van der Waals surface area contributed by atoms with Gasteiger partial charge in [-0.3, -0.25) is 9.48 Å². The number of aryl methyl sites for hydroxylation is 1. The Morgan fingerprint density at radius 2 is 1.62 bits per heavy atom. The molecule has 11 nitrogen and oxygen atoms in total. The van der Waals surface area contributed by atoms with Gasteiger partial charge in [-0.05, 0) is 31.2 Å². The Labute approximate surface area is 221 Å². The number of rotatable bonds is 6. The van der Waals surface area contributed by atoms with E-state index in [0.717, 1.165) is 5.69 Å². The molecule has 5 rings (SSSR count). The number of hydrogen-bond acceptors (Lipinski definition) is 8. The third-order valence-corrected chi connectivity index (χ3v) is 8.75. The molecule has 0 atom stereocenters. The monoisotopic (exact) mass is 544 g/mol. The Kier molecular flexibility index (Phi) is 7.31. The molecule has 0 saturated carbocycles. The summed E-state index contributed by atoms with van der Waals surface area (Å²) in [6.45, 7) is 5.92. The molecule has 2 aliphatic rings. The molecule has 0 aliphatic carbocycles. The average Bonchev–Trinajstić information content (AvgIpc) is 3.39. The highest BCUT2D eigenvalue weighted by Gasteiger charge is 2.36. The van der Waals surface area contributed by atoms with Crippen LogP contribution in [0.3, 0.4) is 0 Å². The fourth-order valence-electron chi connectivity index (χ4n) is 4.62. The van der Waals surface area contributed by atoms with Gasteiger partial charge < -0.3 is 14.7 Å². The molecule has 2 aliphatic heterocycles. The van der Waals surface area contributed by atoms with Crippen LogP contribution in [0.15, 0.2) is 53.9 Å². The molecule has 0 N–H and O–H groups in total. The first kappa shape index (κ1) is 25.4. The minimum Gasteiger partial charge on any atom is -0.369 e. The number of sulfonamides is 1. The van der Waals surface area contributed by atoms with Crippen molar-refractivity contribution in [3.05, 3.63) is 59.5 Å². The van der Waals surface area contributed by atoms with E-state index in [0.29, 0.717) is 56.8 Å². The number of hydrogen-bond donors (Lipinski definition) is 0. The molecule has 2 fully saturated rings. The number of benzene rings is 1. The summed E-state index contributed by atoms with van der Waals surface area (Å²) < 4.78 is 30.3. The second-order valence-corrected chi connectivity index (χ2v) is 11.2. The molecule has 13 heteroatoms. The molecule has 37 heavy (non-hydrogen) atoms. The first-order chi connectivity index (χ1) is 17.9. The molecule has 0 bridgehead atoms. The third kappa shape index (κ3) is 5.27. The fraction of sp³-hybridized carbons (Fsp3) is 0.417. The van der Waals surface area contributed by atoms with Crippen LogP contribution in [0.1, 0.15) is 17.3 Å². The van der Waals surface area contributed by atoms with Crippen LogP contribution in [0.25, 0.3) is 0 Å². The van der Waals surface area contributed by atoms with Gasteiger partial charge >= 0.3 is 0 Å². The summed E-state index contributed by atoms with van der Waals surface area (Å²) in [6.07, 6.45) is 4.92. The summed E-state index contributed by atoms with van der Waals surface area (Å²) >= 11 is 6.12. The topological polar surface area (TPSA) is 108 Å². The van der Waals surface area contributed by atoms with Crippen LogP contribution in [0.2, 0.25) is 5.02 Å². The average molecular weight is 545 g/mol. The van der Waals surface area contributed by atoms with E-state index in [1.54, 1.807) is 29.6 Å². The lowest BCUT2D eigenvalue weighted by molar-refractivity contribution is 0.0742. The zero-order valence-corrected chi connectivity index (χ0v) is 22.1. The lowest BCUT2D eigenvalue weighted by atomic mass is 10.2. The molecule has 2 aromatic heterocycles. The van der Waals surface area contributed by atoms with Gasteiger partial charge in [0.15, 0.2) is 0 Å². The van der Waals surface area contributed by atoms with Crippen molar-refractivity contribution < 1.29 is 13.2 Å². The molecular formula is C24H29ClN8O3S. The Hall–Kier alpha value is -3.22. The molecule has 1 aromatic carbocycles. The number of amides is 1. The van der Waals surface area contributed by atoms with Crippen molar-refractivity contribution in [2.45, 2.75) is 18.5 Å². The van der Waals surface area contributed by atoms with Crippen LogP contribution in [-0.2, 0) is 16.6 Å². The first-order valence-corrected chi connectivity index (χ1v) is 14.1. The van der Waals surface area contributed by atoms with Crippen LogP contribution < -0.4 is 9.80 Å². The van der Waals surface area contributed by atoms with Crippen LogP contribution >= 0.6 is 11.6 Å². The predicted octanol–water partition coefficient (Wildman–Crippen LogP) is 1.82. The highest BCUT2D eigenvalue weighted by atomic mass is 35.5. The zero-order valence-electron chi connectivity index (χ0n) is 20.6. The number of carbonyl (C=O) groups excluding carboxylic acids is 1. The van der Waals surface area contributed by atoms with Crippen LogP contribution in [0.5, 0.6) is 0 Å². The van der Waals surface area contributed by atoms with Gasteiger partial charge in [-0.1, -0.05) is 17.7 Å². The van der Waals surface area contributed by atoms with Gasteiger partial charge in [-0.15, -0.1) is 0 Å². The number of piperazine rings is 2. The van der Waals surface area contributed by atoms with E-state index in [4.69, 9.17) is 11.6 Å². The van der Waals surface area contributed by atoms with Gasteiger partial charge in [-0.2, -0.15) is 9.40 Å². The van der Waals surface area contributed by atoms with Gasteiger partial charge in [0.2, 0.25) is 11.0 Å². The van der Waals surface area contributed by atoms with Crippen molar-refractivity contribution in [2.75, 3.05) is 62.2 Å². The molecule has 196 valence electrons. The lowest BCUT2D eigenvalue weighted by Crippen LogP contribution is -2.50. The maximum atomic E-state index is 13.7. The highest BCUT2D eigenvalue weighted by Crippen LogP contribution is 2.25. The van der Waals surface area contributed by atoms with Crippen molar-refractivity contribution in [1.29, 1.82) is 0 Å². The number of anilines is 2. The summed E-state index contributed by atoms with van der Waals surface area (Å²) in [5.41, 5.74) is 1.07. The number of carbonyl (C=O) groups is 1. The molecular weight excluding hydrogens is 516 g/mol. The quantitative estimate of drug-likeness (QED) is 0.462. The fourth-order valence-corrected chi connectivity index (χ4v) is 6.32. The Morgan fingerprint density at radius 1 is 0.946 bits per heavy atom. The Morgan fingerprint density at radius 3 is 2.27 bits per heavy atom. The minimum absolute atomic E-state index is 0.114. The highest BCUT2D eigenvalue weighted by molar-refractivity contribution is 7.89. The van der Waals surface area contributed by atoms with E-state index in [9.17, 15) is 13.2 Å². The van der Waals surface area contributed by atoms with E-state index in [1.165, 1.54) is 8.99 Å². The molecule has 4 heterocycles. The van der Waals surface area contributed by atoms with E-state index in [2.05, 4.69) is 20.0 Å². The van der Waals surface area contributed by atoms with Gasteiger partial charge in [0.05, 0.1) is 5.56 Å².